The lowest BCUT2D eigenvalue weighted by atomic mass is 10.3. The Bertz CT molecular complexity index is 79.0. The van der Waals surface area contributed by atoms with Crippen LogP contribution in [0.1, 0.15) is 32.6 Å². The van der Waals surface area contributed by atoms with Gasteiger partial charge in [-0.05, 0) is 25.7 Å². The van der Waals surface area contributed by atoms with Crippen molar-refractivity contribution in [2.24, 2.45) is 0 Å². The third-order valence-corrected chi connectivity index (χ3v) is 1.90. The molecule has 0 saturated carbocycles. The standard InChI is InChI=1S/C10H21O2S/c1-2-6-11-7-3-4-8-12-9-5-10-13/h2-10H2,1H3. The zero-order valence-electron chi connectivity index (χ0n) is 8.59. The van der Waals surface area contributed by atoms with Crippen LogP contribution < -0.4 is 0 Å². The van der Waals surface area contributed by atoms with Crippen molar-refractivity contribution in [1.82, 2.24) is 0 Å². The van der Waals surface area contributed by atoms with Gasteiger partial charge in [-0.15, -0.1) is 0 Å². The SMILES string of the molecule is CCCOCCCCOCCC[S]. The van der Waals surface area contributed by atoms with Crippen molar-refractivity contribution in [3.8, 4) is 0 Å². The largest absolute Gasteiger partial charge is 0.381 e. The Balaban J connectivity index is 2.76. The van der Waals surface area contributed by atoms with Crippen molar-refractivity contribution in [1.29, 1.82) is 0 Å². The molecule has 0 unspecified atom stereocenters. The molecule has 0 aliphatic rings. The molecule has 0 aliphatic heterocycles. The van der Waals surface area contributed by atoms with Gasteiger partial charge in [0.15, 0.2) is 0 Å². The van der Waals surface area contributed by atoms with Crippen LogP contribution in [0.2, 0.25) is 0 Å². The molecule has 0 fully saturated rings. The normalized spacial score (nSPS) is 10.6. The molecule has 0 amide bonds. The van der Waals surface area contributed by atoms with Crippen molar-refractivity contribution in [2.75, 3.05) is 32.2 Å². The monoisotopic (exact) mass is 205 g/mol. The summed E-state index contributed by atoms with van der Waals surface area (Å²) in [6, 6.07) is 0. The molecule has 0 heterocycles. The second kappa shape index (κ2) is 12.3. The van der Waals surface area contributed by atoms with Crippen molar-refractivity contribution >= 4 is 12.6 Å². The fraction of sp³-hybridized carbons (Fsp3) is 1.00. The molecule has 0 saturated heterocycles. The van der Waals surface area contributed by atoms with Crippen LogP contribution in [0, 0.1) is 0 Å². The van der Waals surface area contributed by atoms with Crippen LogP contribution in [0.3, 0.4) is 0 Å². The molecule has 0 spiro atoms. The van der Waals surface area contributed by atoms with E-state index in [1.807, 2.05) is 0 Å². The van der Waals surface area contributed by atoms with Gasteiger partial charge in [-0.3, -0.25) is 0 Å². The van der Waals surface area contributed by atoms with Gasteiger partial charge >= 0.3 is 0 Å². The van der Waals surface area contributed by atoms with Gasteiger partial charge in [-0.25, -0.2) is 0 Å². The first-order valence-corrected chi connectivity index (χ1v) is 5.73. The first kappa shape index (κ1) is 13.3. The molecule has 0 rings (SSSR count). The zero-order chi connectivity index (χ0) is 9.78. The summed E-state index contributed by atoms with van der Waals surface area (Å²) in [4.78, 5) is 0. The fourth-order valence-corrected chi connectivity index (χ4v) is 1.04. The highest BCUT2D eigenvalue weighted by molar-refractivity contribution is 7.80. The van der Waals surface area contributed by atoms with E-state index >= 15 is 0 Å². The van der Waals surface area contributed by atoms with Gasteiger partial charge in [-0.1, -0.05) is 19.6 Å². The quantitative estimate of drug-likeness (QED) is 0.511. The summed E-state index contributed by atoms with van der Waals surface area (Å²) in [5.41, 5.74) is 0. The molecule has 0 N–H and O–H groups in total. The summed E-state index contributed by atoms with van der Waals surface area (Å²) in [5.74, 6) is 0.805. The maximum Gasteiger partial charge on any atom is 0.0474 e. The third-order valence-electron chi connectivity index (χ3n) is 1.61. The van der Waals surface area contributed by atoms with Crippen molar-refractivity contribution in [2.45, 2.75) is 32.6 Å². The number of ether oxygens (including phenoxy) is 2. The van der Waals surface area contributed by atoms with Gasteiger partial charge in [0.1, 0.15) is 0 Å². The molecule has 79 valence electrons. The van der Waals surface area contributed by atoms with E-state index in [0.717, 1.165) is 57.9 Å². The van der Waals surface area contributed by atoms with Gasteiger partial charge in [0, 0.05) is 32.2 Å². The Morgan fingerprint density at radius 2 is 1.38 bits per heavy atom. The molecular formula is C10H21O2S. The van der Waals surface area contributed by atoms with Crippen LogP contribution in [0.4, 0.5) is 0 Å². The Morgan fingerprint density at radius 1 is 0.846 bits per heavy atom. The second-order valence-electron chi connectivity index (χ2n) is 2.99. The summed E-state index contributed by atoms with van der Waals surface area (Å²) >= 11 is 4.80. The zero-order valence-corrected chi connectivity index (χ0v) is 9.41. The van der Waals surface area contributed by atoms with Crippen molar-refractivity contribution in [3.63, 3.8) is 0 Å². The smallest absolute Gasteiger partial charge is 0.0474 e. The van der Waals surface area contributed by atoms with E-state index in [1.54, 1.807) is 0 Å². The summed E-state index contributed by atoms with van der Waals surface area (Å²) in [7, 11) is 0. The van der Waals surface area contributed by atoms with Crippen molar-refractivity contribution < 1.29 is 9.47 Å². The van der Waals surface area contributed by atoms with Crippen LogP contribution in [0.5, 0.6) is 0 Å². The molecule has 3 heteroatoms. The Hall–Kier alpha value is 0.270. The molecule has 0 aromatic rings. The van der Waals surface area contributed by atoms with Gasteiger partial charge in [0.05, 0.1) is 0 Å². The average molecular weight is 205 g/mol. The van der Waals surface area contributed by atoms with E-state index in [9.17, 15) is 0 Å². The maximum atomic E-state index is 5.36. The molecule has 2 nitrogen and oxygen atoms in total. The molecule has 0 bridgehead atoms. The predicted molar refractivity (Wildman–Crippen MR) is 58.2 cm³/mol. The first-order chi connectivity index (χ1) is 6.41. The molecular weight excluding hydrogens is 184 g/mol. The minimum atomic E-state index is 0.805. The lowest BCUT2D eigenvalue weighted by molar-refractivity contribution is 0.104. The Labute approximate surface area is 87.4 Å². The number of unbranched alkanes of at least 4 members (excludes halogenated alkanes) is 1. The van der Waals surface area contributed by atoms with Gasteiger partial charge < -0.3 is 9.47 Å². The fourth-order valence-electron chi connectivity index (χ4n) is 0.918. The average Bonchev–Trinajstić information content (AvgIpc) is 2.16. The number of rotatable bonds is 10. The van der Waals surface area contributed by atoms with Crippen LogP contribution in [0.15, 0.2) is 0 Å². The molecule has 0 aromatic heterocycles. The van der Waals surface area contributed by atoms with Gasteiger partial charge in [0.25, 0.3) is 0 Å². The molecule has 0 atom stereocenters. The minimum Gasteiger partial charge on any atom is -0.381 e. The Kier molecular flexibility index (Phi) is 12.5. The molecule has 13 heavy (non-hydrogen) atoms. The van der Waals surface area contributed by atoms with E-state index < -0.39 is 0 Å². The number of hydrogen-bond donors (Lipinski definition) is 0. The summed E-state index contributed by atoms with van der Waals surface area (Å²) in [6.07, 6.45) is 4.31. The van der Waals surface area contributed by atoms with E-state index in [0.29, 0.717) is 0 Å². The third kappa shape index (κ3) is 12.3. The molecule has 1 radical (unpaired) electrons. The van der Waals surface area contributed by atoms with Gasteiger partial charge in [-0.2, -0.15) is 0 Å². The van der Waals surface area contributed by atoms with Crippen LogP contribution >= 0.6 is 12.6 Å². The topological polar surface area (TPSA) is 18.5 Å². The minimum absolute atomic E-state index is 0.805. The highest BCUT2D eigenvalue weighted by Crippen LogP contribution is 1.93. The van der Waals surface area contributed by atoms with Crippen LogP contribution in [0.25, 0.3) is 0 Å². The van der Waals surface area contributed by atoms with Crippen LogP contribution in [-0.2, 0) is 9.47 Å². The first-order valence-electron chi connectivity index (χ1n) is 5.15. The second-order valence-corrected chi connectivity index (χ2v) is 3.40. The van der Waals surface area contributed by atoms with Crippen molar-refractivity contribution in [3.05, 3.63) is 0 Å². The number of hydrogen-bond acceptors (Lipinski definition) is 2. The van der Waals surface area contributed by atoms with E-state index in [2.05, 4.69) is 6.92 Å². The summed E-state index contributed by atoms with van der Waals surface area (Å²) in [5, 5.41) is 0. The lowest BCUT2D eigenvalue weighted by Crippen LogP contribution is -2.01. The van der Waals surface area contributed by atoms with E-state index in [4.69, 9.17) is 22.1 Å². The maximum absolute atomic E-state index is 5.36. The lowest BCUT2D eigenvalue weighted by Gasteiger charge is -2.03. The molecule has 0 aromatic carbocycles. The Morgan fingerprint density at radius 3 is 1.92 bits per heavy atom. The van der Waals surface area contributed by atoms with Gasteiger partial charge in [0.2, 0.25) is 0 Å². The highest BCUT2D eigenvalue weighted by atomic mass is 32.1. The van der Waals surface area contributed by atoms with E-state index in [1.165, 1.54) is 0 Å². The van der Waals surface area contributed by atoms with E-state index in [-0.39, 0.29) is 0 Å². The molecule has 0 aliphatic carbocycles. The highest BCUT2D eigenvalue weighted by Gasteiger charge is 1.90. The summed E-state index contributed by atoms with van der Waals surface area (Å²) < 4.78 is 10.7. The van der Waals surface area contributed by atoms with Crippen LogP contribution in [-0.4, -0.2) is 32.2 Å². The predicted octanol–water partition coefficient (Wildman–Crippen LogP) is 2.80. The summed E-state index contributed by atoms with van der Waals surface area (Å²) in [6.45, 7) is 5.55.